The minimum Gasteiger partial charge on any atom is -0.507 e. The molecular formula is C24H18Cl2N2O5. The second kappa shape index (κ2) is 9.13. The zero-order valence-corrected chi connectivity index (χ0v) is 19.1. The number of aliphatic hydroxyl groups is 1. The minimum atomic E-state index is -0.924. The zero-order chi connectivity index (χ0) is 23.7. The van der Waals surface area contributed by atoms with E-state index < -0.39 is 23.5 Å². The predicted octanol–water partition coefficient (Wildman–Crippen LogP) is 5.03. The lowest BCUT2D eigenvalue weighted by Gasteiger charge is -2.25. The predicted molar refractivity (Wildman–Crippen MR) is 125 cm³/mol. The molecule has 0 radical (unpaired) electrons. The van der Waals surface area contributed by atoms with Gasteiger partial charge in [0.15, 0.2) is 5.75 Å². The fraction of sp³-hybridized carbons (Fsp3) is 0.125. The molecule has 168 valence electrons. The molecule has 0 spiro atoms. The van der Waals surface area contributed by atoms with Crippen molar-refractivity contribution in [3.63, 3.8) is 0 Å². The number of carbonyl (C=O) groups is 2. The van der Waals surface area contributed by atoms with Gasteiger partial charge in [-0.3, -0.25) is 19.5 Å². The summed E-state index contributed by atoms with van der Waals surface area (Å²) in [5.74, 6) is -1.22. The number of pyridine rings is 1. The van der Waals surface area contributed by atoms with Crippen LogP contribution in [-0.2, 0) is 9.59 Å². The number of rotatable bonds is 5. The highest BCUT2D eigenvalue weighted by Crippen LogP contribution is 2.43. The van der Waals surface area contributed by atoms with Crippen molar-refractivity contribution in [1.29, 1.82) is 0 Å². The second-order valence-corrected chi connectivity index (χ2v) is 7.94. The van der Waals surface area contributed by atoms with Crippen molar-refractivity contribution in [2.75, 3.05) is 19.1 Å². The van der Waals surface area contributed by atoms with Crippen molar-refractivity contribution in [2.24, 2.45) is 0 Å². The van der Waals surface area contributed by atoms with Gasteiger partial charge >= 0.3 is 0 Å². The molecule has 3 aromatic rings. The van der Waals surface area contributed by atoms with Crippen LogP contribution in [0.25, 0.3) is 5.76 Å². The van der Waals surface area contributed by atoms with E-state index in [1.807, 2.05) is 0 Å². The van der Waals surface area contributed by atoms with Gasteiger partial charge in [-0.1, -0.05) is 29.3 Å². The largest absolute Gasteiger partial charge is 0.507 e. The van der Waals surface area contributed by atoms with Crippen LogP contribution in [0.4, 0.5) is 5.69 Å². The van der Waals surface area contributed by atoms with Gasteiger partial charge in [0.2, 0.25) is 0 Å². The van der Waals surface area contributed by atoms with E-state index in [1.165, 1.54) is 37.4 Å². The highest BCUT2D eigenvalue weighted by atomic mass is 35.5. The molecule has 1 N–H and O–H groups in total. The number of nitrogens with zero attached hydrogens (tertiary/aromatic N) is 2. The van der Waals surface area contributed by atoms with Crippen molar-refractivity contribution in [2.45, 2.75) is 6.04 Å². The Hall–Kier alpha value is -3.55. The van der Waals surface area contributed by atoms with Crippen LogP contribution in [0.1, 0.15) is 17.2 Å². The molecule has 7 nitrogen and oxygen atoms in total. The molecule has 1 amide bonds. The van der Waals surface area contributed by atoms with Crippen molar-refractivity contribution in [1.82, 2.24) is 4.98 Å². The molecule has 4 rings (SSSR count). The van der Waals surface area contributed by atoms with E-state index in [-0.39, 0.29) is 26.9 Å². The molecule has 1 saturated heterocycles. The first-order valence-corrected chi connectivity index (χ1v) is 10.5. The summed E-state index contributed by atoms with van der Waals surface area (Å²) in [5, 5.41) is 11.5. The standard InChI is InChI=1S/C24H18Cl2N2O5/c1-32-16-7-5-15(6-8-16)28-20(13-4-3-9-27-12-13)19(22(30)24(28)31)21(29)14-10-17(25)23(33-2)18(26)11-14/h3-12,20,29H,1-2H3/b21-19+. The third-order valence-electron chi connectivity index (χ3n) is 5.27. The van der Waals surface area contributed by atoms with Crippen LogP contribution >= 0.6 is 23.2 Å². The highest BCUT2D eigenvalue weighted by molar-refractivity contribution is 6.51. The quantitative estimate of drug-likeness (QED) is 0.310. The number of ketones is 1. The second-order valence-electron chi connectivity index (χ2n) is 7.13. The third kappa shape index (κ3) is 4.01. The minimum absolute atomic E-state index is 0.110. The Balaban J connectivity index is 1.92. The number of hydrogen-bond acceptors (Lipinski definition) is 6. The molecule has 0 bridgehead atoms. The Morgan fingerprint density at radius 3 is 2.24 bits per heavy atom. The van der Waals surface area contributed by atoms with E-state index in [9.17, 15) is 14.7 Å². The van der Waals surface area contributed by atoms with Crippen LogP contribution < -0.4 is 14.4 Å². The van der Waals surface area contributed by atoms with Crippen LogP contribution in [0.5, 0.6) is 11.5 Å². The summed E-state index contributed by atoms with van der Waals surface area (Å²) in [6, 6.07) is 12.0. The fourth-order valence-corrected chi connectivity index (χ4v) is 4.38. The molecule has 1 fully saturated rings. The number of halogens is 2. The SMILES string of the molecule is COc1ccc(N2C(=O)C(=O)/C(=C(/O)c3cc(Cl)c(OC)c(Cl)c3)C2c2cccnc2)cc1. The van der Waals surface area contributed by atoms with E-state index in [4.69, 9.17) is 32.7 Å². The van der Waals surface area contributed by atoms with Crippen molar-refractivity contribution in [3.05, 3.63) is 87.7 Å². The molecule has 33 heavy (non-hydrogen) atoms. The summed E-state index contributed by atoms with van der Waals surface area (Å²) >= 11 is 12.5. The first-order chi connectivity index (χ1) is 15.9. The average Bonchev–Trinajstić information content (AvgIpc) is 3.09. The third-order valence-corrected chi connectivity index (χ3v) is 5.83. The van der Waals surface area contributed by atoms with E-state index in [2.05, 4.69) is 4.98 Å². The topological polar surface area (TPSA) is 89.0 Å². The number of amides is 1. The van der Waals surface area contributed by atoms with Gasteiger partial charge < -0.3 is 14.6 Å². The number of anilines is 1. The summed E-state index contributed by atoms with van der Waals surface area (Å²) < 4.78 is 10.3. The van der Waals surface area contributed by atoms with Crippen molar-refractivity contribution < 1.29 is 24.2 Å². The molecule has 1 aliphatic heterocycles. The number of benzene rings is 2. The van der Waals surface area contributed by atoms with Gasteiger partial charge in [0, 0.05) is 23.6 Å². The number of Topliss-reactive ketones (excluding diaryl/α,β-unsaturated/α-hetero) is 1. The van der Waals surface area contributed by atoms with Crippen LogP contribution in [0.2, 0.25) is 10.0 Å². The number of carbonyl (C=O) groups excluding carboxylic acids is 2. The molecule has 1 atom stereocenters. The van der Waals surface area contributed by atoms with E-state index in [0.717, 1.165) is 0 Å². The Morgan fingerprint density at radius 1 is 1.03 bits per heavy atom. The lowest BCUT2D eigenvalue weighted by molar-refractivity contribution is -0.132. The van der Waals surface area contributed by atoms with E-state index >= 15 is 0 Å². The number of hydrogen-bond donors (Lipinski definition) is 1. The summed E-state index contributed by atoms with van der Waals surface area (Å²) in [6.45, 7) is 0. The summed E-state index contributed by atoms with van der Waals surface area (Å²) in [5.41, 5.74) is 1.06. The van der Waals surface area contributed by atoms with E-state index in [1.54, 1.807) is 42.6 Å². The zero-order valence-electron chi connectivity index (χ0n) is 17.6. The van der Waals surface area contributed by atoms with Gasteiger partial charge in [-0.15, -0.1) is 0 Å². The fourth-order valence-electron chi connectivity index (χ4n) is 3.74. The highest BCUT2D eigenvalue weighted by Gasteiger charge is 2.47. The number of methoxy groups -OCH3 is 2. The number of ether oxygens (including phenoxy) is 2. The van der Waals surface area contributed by atoms with Crippen molar-refractivity contribution in [3.8, 4) is 11.5 Å². The maximum Gasteiger partial charge on any atom is 0.300 e. The maximum atomic E-state index is 13.2. The lowest BCUT2D eigenvalue weighted by atomic mass is 9.96. The molecular weight excluding hydrogens is 467 g/mol. The van der Waals surface area contributed by atoms with Gasteiger partial charge in [-0.05, 0) is 48.0 Å². The van der Waals surface area contributed by atoms with Gasteiger partial charge in [0.05, 0.1) is 35.9 Å². The van der Waals surface area contributed by atoms with Crippen LogP contribution in [-0.4, -0.2) is 36.0 Å². The van der Waals surface area contributed by atoms with Gasteiger partial charge in [-0.2, -0.15) is 0 Å². The Morgan fingerprint density at radius 2 is 1.70 bits per heavy atom. The molecule has 1 aromatic heterocycles. The lowest BCUT2D eigenvalue weighted by Crippen LogP contribution is -2.29. The van der Waals surface area contributed by atoms with Crippen LogP contribution in [0.3, 0.4) is 0 Å². The molecule has 1 unspecified atom stereocenters. The van der Waals surface area contributed by atoms with Gasteiger partial charge in [-0.25, -0.2) is 0 Å². The number of aromatic nitrogens is 1. The molecule has 2 heterocycles. The molecule has 0 aliphatic carbocycles. The van der Waals surface area contributed by atoms with Gasteiger partial charge in [0.25, 0.3) is 11.7 Å². The Labute approximate surface area is 199 Å². The smallest absolute Gasteiger partial charge is 0.300 e. The van der Waals surface area contributed by atoms with Crippen molar-refractivity contribution >= 4 is 46.3 Å². The van der Waals surface area contributed by atoms with Crippen LogP contribution in [0, 0.1) is 0 Å². The first kappa shape index (κ1) is 22.6. The van der Waals surface area contributed by atoms with Crippen LogP contribution in [0.15, 0.2) is 66.5 Å². The molecule has 9 heteroatoms. The first-order valence-electron chi connectivity index (χ1n) is 9.75. The summed E-state index contributed by atoms with van der Waals surface area (Å²) in [6.07, 6.45) is 3.11. The molecule has 2 aromatic carbocycles. The molecule has 0 saturated carbocycles. The molecule has 1 aliphatic rings. The van der Waals surface area contributed by atoms with Gasteiger partial charge in [0.1, 0.15) is 11.5 Å². The van der Waals surface area contributed by atoms with E-state index in [0.29, 0.717) is 17.0 Å². The maximum absolute atomic E-state index is 13.2. The number of aliphatic hydroxyl groups excluding tert-OH is 1. The monoisotopic (exact) mass is 484 g/mol. The Bertz CT molecular complexity index is 1240. The summed E-state index contributed by atoms with van der Waals surface area (Å²) in [7, 11) is 2.94. The summed E-state index contributed by atoms with van der Waals surface area (Å²) in [4.78, 5) is 31.7. The Kier molecular flexibility index (Phi) is 6.26. The average molecular weight is 485 g/mol. The normalized spacial score (nSPS) is 17.3.